The van der Waals surface area contributed by atoms with Crippen molar-refractivity contribution >= 4 is 57.2 Å². The Balaban J connectivity index is 1.90. The SMILES string of the molecule is CC1(C)C[C@@H]1C(=O)N/C(=C\CCCCS(=O)C[C@H](NC(=O)/C(=C/CCCCS(=O)C[C@H](N)C(=O)O)NC(=O)[C@H]1CC1(C)C)C(=O)O)C(=O)O. The van der Waals surface area contributed by atoms with Gasteiger partial charge in [-0.25, -0.2) is 9.59 Å². The topological polar surface area (TPSA) is 259 Å². The summed E-state index contributed by atoms with van der Waals surface area (Å²) in [6.45, 7) is 7.66. The van der Waals surface area contributed by atoms with Crippen molar-refractivity contribution < 1.29 is 52.5 Å². The van der Waals surface area contributed by atoms with Crippen molar-refractivity contribution in [3.63, 3.8) is 0 Å². The Labute approximate surface area is 291 Å². The molecule has 8 N–H and O–H groups in total. The minimum absolute atomic E-state index is 0.0907. The molecule has 2 aliphatic carbocycles. The summed E-state index contributed by atoms with van der Waals surface area (Å²) < 4.78 is 24.8. The molecule has 0 aromatic carbocycles. The van der Waals surface area contributed by atoms with Crippen LogP contribution in [0.3, 0.4) is 0 Å². The Morgan fingerprint density at radius 1 is 0.735 bits per heavy atom. The quantitative estimate of drug-likeness (QED) is 0.0574. The molecule has 15 nitrogen and oxygen atoms in total. The standard InChI is InChI=1S/C32H50N4O11S2/c1-31(2)15-19(31)25(37)34-22(11-7-5-9-13-48(46)17-21(33)28(40)41)27(39)36-24(30(44)45)18-49(47)14-10-6-8-12-23(29(42)43)35-26(38)20-16-32(20,3)4/h11-12,19-21,24H,5-10,13-18,33H2,1-4H3,(H,34,37)(H,35,38)(H,36,39)(H,40,41)(H,42,43)(H,44,45)/b22-11-,23-12-/t19-,20-,21+,24+,48?,49?/m1/s1. The second-order valence-electron chi connectivity index (χ2n) is 13.9. The predicted molar refractivity (Wildman–Crippen MR) is 182 cm³/mol. The van der Waals surface area contributed by atoms with Crippen LogP contribution < -0.4 is 21.7 Å². The third kappa shape index (κ3) is 14.5. The number of hydrogen-bond acceptors (Lipinski definition) is 9. The number of carboxylic acid groups (broad SMARTS) is 3. The number of rotatable bonds is 23. The number of aliphatic carboxylic acids is 3. The molecule has 2 unspecified atom stereocenters. The van der Waals surface area contributed by atoms with Crippen LogP contribution >= 0.6 is 0 Å². The largest absolute Gasteiger partial charge is 0.480 e. The van der Waals surface area contributed by atoms with Crippen LogP contribution in [0.2, 0.25) is 0 Å². The molecule has 2 fully saturated rings. The number of nitrogens with one attached hydrogen (secondary N) is 3. The Morgan fingerprint density at radius 2 is 1.16 bits per heavy atom. The van der Waals surface area contributed by atoms with Crippen molar-refractivity contribution in [2.45, 2.75) is 91.1 Å². The lowest BCUT2D eigenvalue weighted by atomic mass is 10.1. The fraction of sp³-hybridized carbons (Fsp3) is 0.688. The van der Waals surface area contributed by atoms with E-state index in [1.807, 2.05) is 27.7 Å². The van der Waals surface area contributed by atoms with Crippen LogP contribution in [-0.2, 0) is 50.4 Å². The van der Waals surface area contributed by atoms with Crippen molar-refractivity contribution in [3.8, 4) is 0 Å². The van der Waals surface area contributed by atoms with E-state index < -0.39 is 63.3 Å². The van der Waals surface area contributed by atoms with E-state index in [1.165, 1.54) is 12.2 Å². The van der Waals surface area contributed by atoms with Crippen molar-refractivity contribution in [2.75, 3.05) is 23.0 Å². The fourth-order valence-electron chi connectivity index (χ4n) is 5.00. The van der Waals surface area contributed by atoms with Gasteiger partial charge < -0.3 is 37.0 Å². The maximum atomic E-state index is 13.2. The number of nitrogens with two attached hydrogens (primary N) is 1. The van der Waals surface area contributed by atoms with E-state index in [-0.39, 0.29) is 76.0 Å². The third-order valence-corrected chi connectivity index (χ3v) is 11.6. The van der Waals surface area contributed by atoms with Crippen LogP contribution in [-0.4, -0.2) is 94.5 Å². The van der Waals surface area contributed by atoms with E-state index in [2.05, 4.69) is 16.0 Å². The molecule has 276 valence electrons. The lowest BCUT2D eigenvalue weighted by Crippen LogP contribution is -2.47. The van der Waals surface area contributed by atoms with Gasteiger partial charge in [0, 0.05) is 50.7 Å². The summed E-state index contributed by atoms with van der Waals surface area (Å²) in [5.74, 6) is -6.39. The number of amides is 3. The summed E-state index contributed by atoms with van der Waals surface area (Å²) in [4.78, 5) is 72.6. The highest BCUT2D eigenvalue weighted by Gasteiger charge is 2.51. The van der Waals surface area contributed by atoms with E-state index in [0.29, 0.717) is 38.5 Å². The zero-order valence-corrected chi connectivity index (χ0v) is 30.1. The Bertz CT molecular complexity index is 1390. The predicted octanol–water partition coefficient (Wildman–Crippen LogP) is 0.983. The average Bonchev–Trinajstić information content (AvgIpc) is 3.86. The van der Waals surface area contributed by atoms with Gasteiger partial charge in [0.2, 0.25) is 11.8 Å². The van der Waals surface area contributed by atoms with E-state index >= 15 is 0 Å². The first-order valence-electron chi connectivity index (χ1n) is 16.2. The maximum absolute atomic E-state index is 13.2. The van der Waals surface area contributed by atoms with E-state index in [9.17, 15) is 47.4 Å². The molecule has 0 aliphatic heterocycles. The third-order valence-electron chi connectivity index (χ3n) is 8.64. The van der Waals surface area contributed by atoms with Gasteiger partial charge in [0.05, 0.1) is 5.75 Å². The summed E-state index contributed by atoms with van der Waals surface area (Å²) in [5.41, 5.74) is 4.64. The molecule has 6 atom stereocenters. The molecule has 2 rings (SSSR count). The second-order valence-corrected chi connectivity index (χ2v) is 17.2. The molecule has 0 saturated heterocycles. The number of allylic oxidation sites excluding steroid dienone is 2. The lowest BCUT2D eigenvalue weighted by molar-refractivity contribution is -0.140. The zero-order chi connectivity index (χ0) is 37.1. The summed E-state index contributed by atoms with van der Waals surface area (Å²) in [5, 5.41) is 35.4. The van der Waals surface area contributed by atoms with Gasteiger partial charge in [-0.1, -0.05) is 39.8 Å². The molecule has 0 bridgehead atoms. The van der Waals surface area contributed by atoms with Gasteiger partial charge in [-0.2, -0.15) is 0 Å². The van der Waals surface area contributed by atoms with Crippen molar-refractivity contribution in [2.24, 2.45) is 28.4 Å². The number of carbonyl (C=O) groups is 6. The number of carbonyl (C=O) groups excluding carboxylic acids is 3. The molecule has 0 heterocycles. The molecule has 49 heavy (non-hydrogen) atoms. The second kappa shape index (κ2) is 18.5. The van der Waals surface area contributed by atoms with Gasteiger partial charge in [0.1, 0.15) is 23.5 Å². The molecular weight excluding hydrogens is 681 g/mol. The average molecular weight is 731 g/mol. The van der Waals surface area contributed by atoms with Crippen molar-refractivity contribution in [1.82, 2.24) is 16.0 Å². The first-order valence-corrected chi connectivity index (χ1v) is 19.2. The van der Waals surface area contributed by atoms with Gasteiger partial charge in [0.25, 0.3) is 5.91 Å². The summed E-state index contributed by atoms with van der Waals surface area (Å²) >= 11 is 0. The zero-order valence-electron chi connectivity index (χ0n) is 28.5. The van der Waals surface area contributed by atoms with Crippen LogP contribution in [0.25, 0.3) is 0 Å². The van der Waals surface area contributed by atoms with Gasteiger partial charge in [-0.15, -0.1) is 0 Å². The van der Waals surface area contributed by atoms with Gasteiger partial charge >= 0.3 is 17.9 Å². The molecular formula is C32H50N4O11S2. The van der Waals surface area contributed by atoms with Gasteiger partial charge in [0.15, 0.2) is 0 Å². The fourth-order valence-corrected chi connectivity index (χ4v) is 7.53. The van der Waals surface area contributed by atoms with Crippen LogP contribution in [0.4, 0.5) is 0 Å². The number of carboxylic acids is 3. The highest BCUT2D eigenvalue weighted by Crippen LogP contribution is 2.52. The first kappa shape index (κ1) is 41.7. The maximum Gasteiger partial charge on any atom is 0.352 e. The Kier molecular flexibility index (Phi) is 15.8. The summed E-state index contributed by atoms with van der Waals surface area (Å²) in [6, 6.07) is -2.75. The summed E-state index contributed by atoms with van der Waals surface area (Å²) in [7, 11) is -3.11. The monoisotopic (exact) mass is 730 g/mol. The van der Waals surface area contributed by atoms with Crippen LogP contribution in [0.1, 0.15) is 79.1 Å². The minimum Gasteiger partial charge on any atom is -0.480 e. The molecule has 0 spiro atoms. The molecule has 0 aromatic heterocycles. The van der Waals surface area contributed by atoms with E-state index in [4.69, 9.17) is 10.8 Å². The van der Waals surface area contributed by atoms with Crippen molar-refractivity contribution in [3.05, 3.63) is 23.5 Å². The highest BCUT2D eigenvalue weighted by atomic mass is 32.2. The first-order chi connectivity index (χ1) is 22.7. The summed E-state index contributed by atoms with van der Waals surface area (Å²) in [6.07, 6.45) is 6.33. The molecule has 0 radical (unpaired) electrons. The van der Waals surface area contributed by atoms with Crippen LogP contribution in [0.15, 0.2) is 23.5 Å². The lowest BCUT2D eigenvalue weighted by Gasteiger charge is -2.17. The Morgan fingerprint density at radius 3 is 1.57 bits per heavy atom. The Hall–Kier alpha value is -3.44. The number of unbranched alkanes of at least 4 members (excludes halogenated alkanes) is 4. The number of hydrogen-bond donors (Lipinski definition) is 7. The molecule has 0 aromatic rings. The van der Waals surface area contributed by atoms with E-state index in [1.54, 1.807) is 0 Å². The van der Waals surface area contributed by atoms with Crippen LogP contribution in [0, 0.1) is 22.7 Å². The molecule has 2 aliphatic rings. The van der Waals surface area contributed by atoms with E-state index in [0.717, 1.165) is 0 Å². The van der Waals surface area contributed by atoms with Gasteiger partial charge in [-0.3, -0.25) is 27.6 Å². The van der Waals surface area contributed by atoms with Crippen molar-refractivity contribution in [1.29, 1.82) is 0 Å². The normalized spacial score (nSPS) is 21.7. The van der Waals surface area contributed by atoms with Crippen LogP contribution in [0.5, 0.6) is 0 Å². The molecule has 17 heteroatoms. The molecule has 3 amide bonds. The van der Waals surface area contributed by atoms with Gasteiger partial charge in [-0.05, 0) is 62.2 Å². The molecule has 2 saturated carbocycles. The minimum atomic E-state index is -1.66. The highest BCUT2D eigenvalue weighted by molar-refractivity contribution is 7.85. The smallest absolute Gasteiger partial charge is 0.352 e.